The van der Waals surface area contributed by atoms with Crippen molar-refractivity contribution in [2.24, 2.45) is 0 Å². The van der Waals surface area contributed by atoms with Crippen LogP contribution in [-0.4, -0.2) is 34.8 Å². The standard InChI is InChI=1S/C17H18ClNO5S/c1-10-5-6-11(25(4,21)22)7-12(10)17(20)19-14-9-16(24-3)15(23-2)8-13(14)18/h5-9H,1-4H3,(H,19,20). The fourth-order valence-electron chi connectivity index (χ4n) is 2.22. The molecule has 0 heterocycles. The van der Waals surface area contributed by atoms with Crippen molar-refractivity contribution in [3.8, 4) is 11.5 Å². The van der Waals surface area contributed by atoms with Crippen LogP contribution in [0, 0.1) is 6.92 Å². The van der Waals surface area contributed by atoms with Gasteiger partial charge in [-0.05, 0) is 24.6 Å². The number of halogens is 1. The molecule has 0 bridgehead atoms. The summed E-state index contributed by atoms with van der Waals surface area (Å²) in [5.41, 5.74) is 1.21. The van der Waals surface area contributed by atoms with E-state index in [4.69, 9.17) is 21.1 Å². The first kappa shape index (κ1) is 19.1. The molecule has 25 heavy (non-hydrogen) atoms. The molecule has 0 atom stereocenters. The van der Waals surface area contributed by atoms with Crippen molar-refractivity contribution in [3.05, 3.63) is 46.5 Å². The largest absolute Gasteiger partial charge is 0.493 e. The molecule has 0 saturated heterocycles. The molecule has 0 aliphatic carbocycles. The molecule has 0 aliphatic rings. The summed E-state index contributed by atoms with van der Waals surface area (Å²) in [6, 6.07) is 7.45. The van der Waals surface area contributed by atoms with Gasteiger partial charge in [0.15, 0.2) is 21.3 Å². The second-order valence-electron chi connectivity index (χ2n) is 5.39. The van der Waals surface area contributed by atoms with Crippen LogP contribution in [0.4, 0.5) is 5.69 Å². The van der Waals surface area contributed by atoms with E-state index in [1.54, 1.807) is 13.0 Å². The number of anilines is 1. The Labute approximate surface area is 151 Å². The van der Waals surface area contributed by atoms with Crippen LogP contribution in [0.1, 0.15) is 15.9 Å². The Kier molecular flexibility index (Phi) is 5.59. The number of benzene rings is 2. The summed E-state index contributed by atoms with van der Waals surface area (Å²) in [6.07, 6.45) is 1.09. The van der Waals surface area contributed by atoms with E-state index in [-0.39, 0.29) is 15.5 Å². The highest BCUT2D eigenvalue weighted by Crippen LogP contribution is 2.36. The average molecular weight is 384 g/mol. The van der Waals surface area contributed by atoms with Gasteiger partial charge in [0.25, 0.3) is 5.91 Å². The molecule has 0 aromatic heterocycles. The first-order chi connectivity index (χ1) is 11.7. The number of amides is 1. The van der Waals surface area contributed by atoms with Gasteiger partial charge < -0.3 is 14.8 Å². The zero-order valence-electron chi connectivity index (χ0n) is 14.2. The summed E-state index contributed by atoms with van der Waals surface area (Å²) in [6.45, 7) is 1.72. The fraction of sp³-hybridized carbons (Fsp3) is 0.235. The van der Waals surface area contributed by atoms with Crippen LogP contribution in [0.15, 0.2) is 35.2 Å². The Morgan fingerprint density at radius 1 is 1.08 bits per heavy atom. The van der Waals surface area contributed by atoms with Crippen molar-refractivity contribution >= 4 is 33.0 Å². The molecule has 2 aromatic carbocycles. The second kappa shape index (κ2) is 7.33. The predicted molar refractivity (Wildman–Crippen MR) is 96.8 cm³/mol. The van der Waals surface area contributed by atoms with Crippen molar-refractivity contribution in [2.75, 3.05) is 25.8 Å². The van der Waals surface area contributed by atoms with E-state index in [9.17, 15) is 13.2 Å². The first-order valence-electron chi connectivity index (χ1n) is 7.21. The molecule has 1 amide bonds. The predicted octanol–water partition coefficient (Wildman–Crippen LogP) is 3.32. The Bertz CT molecular complexity index is 925. The molecule has 0 saturated carbocycles. The molecule has 1 N–H and O–H groups in total. The Balaban J connectivity index is 2.41. The molecule has 6 nitrogen and oxygen atoms in total. The summed E-state index contributed by atoms with van der Waals surface area (Å²) >= 11 is 6.17. The number of ether oxygens (including phenoxy) is 2. The highest BCUT2D eigenvalue weighted by molar-refractivity contribution is 7.90. The van der Waals surface area contributed by atoms with Crippen LogP contribution in [0.5, 0.6) is 11.5 Å². The number of aryl methyl sites for hydroxylation is 1. The van der Waals surface area contributed by atoms with Crippen molar-refractivity contribution in [2.45, 2.75) is 11.8 Å². The average Bonchev–Trinajstić information content (AvgIpc) is 2.55. The van der Waals surface area contributed by atoms with E-state index < -0.39 is 15.7 Å². The summed E-state index contributed by atoms with van der Waals surface area (Å²) in [4.78, 5) is 12.7. The molecule has 0 unspecified atom stereocenters. The van der Waals surface area contributed by atoms with Crippen LogP contribution >= 0.6 is 11.6 Å². The van der Waals surface area contributed by atoms with Crippen molar-refractivity contribution < 1.29 is 22.7 Å². The lowest BCUT2D eigenvalue weighted by Gasteiger charge is -2.14. The summed E-state index contributed by atoms with van der Waals surface area (Å²) < 4.78 is 33.7. The molecule has 2 aromatic rings. The lowest BCUT2D eigenvalue weighted by molar-refractivity contribution is 0.102. The van der Waals surface area contributed by atoms with Crippen molar-refractivity contribution in [3.63, 3.8) is 0 Å². The maximum atomic E-state index is 12.6. The van der Waals surface area contributed by atoms with Crippen LogP contribution in [0.25, 0.3) is 0 Å². The van der Waals surface area contributed by atoms with Crippen LogP contribution in [0.3, 0.4) is 0 Å². The maximum absolute atomic E-state index is 12.6. The Hall–Kier alpha value is -2.25. The third-order valence-electron chi connectivity index (χ3n) is 3.60. The van der Waals surface area contributed by atoms with Gasteiger partial charge in [-0.25, -0.2) is 8.42 Å². The molecule has 0 radical (unpaired) electrons. The van der Waals surface area contributed by atoms with E-state index in [0.29, 0.717) is 22.7 Å². The lowest BCUT2D eigenvalue weighted by Crippen LogP contribution is -2.15. The maximum Gasteiger partial charge on any atom is 0.256 e. The minimum absolute atomic E-state index is 0.0710. The number of sulfone groups is 1. The molecular weight excluding hydrogens is 366 g/mol. The van der Waals surface area contributed by atoms with Gasteiger partial charge in [-0.15, -0.1) is 0 Å². The lowest BCUT2D eigenvalue weighted by atomic mass is 10.1. The van der Waals surface area contributed by atoms with Gasteiger partial charge in [0.1, 0.15) is 0 Å². The van der Waals surface area contributed by atoms with Crippen LogP contribution < -0.4 is 14.8 Å². The minimum atomic E-state index is -3.42. The Morgan fingerprint density at radius 3 is 2.24 bits per heavy atom. The van der Waals surface area contributed by atoms with E-state index in [0.717, 1.165) is 6.26 Å². The smallest absolute Gasteiger partial charge is 0.256 e. The normalized spacial score (nSPS) is 11.1. The van der Waals surface area contributed by atoms with Gasteiger partial charge in [0.2, 0.25) is 0 Å². The topological polar surface area (TPSA) is 81.7 Å². The molecule has 8 heteroatoms. The second-order valence-corrected chi connectivity index (χ2v) is 7.81. The molecule has 0 aliphatic heterocycles. The summed E-state index contributed by atoms with van der Waals surface area (Å²) in [7, 11) is -0.471. The van der Waals surface area contributed by atoms with Crippen LogP contribution in [-0.2, 0) is 9.84 Å². The van der Waals surface area contributed by atoms with E-state index >= 15 is 0 Å². The first-order valence-corrected chi connectivity index (χ1v) is 9.48. The zero-order valence-corrected chi connectivity index (χ0v) is 15.8. The minimum Gasteiger partial charge on any atom is -0.493 e. The van der Waals surface area contributed by atoms with Gasteiger partial charge in [-0.2, -0.15) is 0 Å². The van der Waals surface area contributed by atoms with Gasteiger partial charge in [-0.1, -0.05) is 17.7 Å². The third-order valence-corrected chi connectivity index (χ3v) is 5.03. The van der Waals surface area contributed by atoms with Gasteiger partial charge in [-0.3, -0.25) is 4.79 Å². The zero-order chi connectivity index (χ0) is 18.8. The fourth-order valence-corrected chi connectivity index (χ4v) is 3.06. The van der Waals surface area contributed by atoms with E-state index in [1.165, 1.54) is 38.5 Å². The van der Waals surface area contributed by atoms with Crippen molar-refractivity contribution in [1.82, 2.24) is 0 Å². The quantitative estimate of drug-likeness (QED) is 0.856. The number of hydrogen-bond donors (Lipinski definition) is 1. The van der Waals surface area contributed by atoms with Crippen LogP contribution in [0.2, 0.25) is 5.02 Å². The van der Waals surface area contributed by atoms with E-state index in [2.05, 4.69) is 5.32 Å². The SMILES string of the molecule is COc1cc(Cl)c(NC(=O)c2cc(S(C)(=O)=O)ccc2C)cc1OC. The number of nitrogens with one attached hydrogen (secondary N) is 1. The number of rotatable bonds is 5. The molecular formula is C17H18ClNO5S. The number of methoxy groups -OCH3 is 2. The van der Waals surface area contributed by atoms with Gasteiger partial charge in [0, 0.05) is 24.0 Å². The highest BCUT2D eigenvalue weighted by Gasteiger charge is 2.17. The summed E-state index contributed by atoms with van der Waals surface area (Å²) in [5, 5.41) is 2.94. The number of hydrogen-bond acceptors (Lipinski definition) is 5. The molecule has 134 valence electrons. The monoisotopic (exact) mass is 383 g/mol. The number of carbonyl (C=O) groups is 1. The van der Waals surface area contributed by atoms with Gasteiger partial charge >= 0.3 is 0 Å². The molecule has 2 rings (SSSR count). The molecule has 0 fully saturated rings. The van der Waals surface area contributed by atoms with Crippen molar-refractivity contribution in [1.29, 1.82) is 0 Å². The number of carbonyl (C=O) groups excluding carboxylic acids is 1. The molecule has 0 spiro atoms. The Morgan fingerprint density at radius 2 is 1.68 bits per heavy atom. The summed E-state index contributed by atoms with van der Waals surface area (Å²) in [5.74, 6) is 0.363. The van der Waals surface area contributed by atoms with E-state index in [1.807, 2.05) is 0 Å². The third kappa shape index (κ3) is 4.24. The van der Waals surface area contributed by atoms with Gasteiger partial charge in [0.05, 0.1) is 29.8 Å². The highest BCUT2D eigenvalue weighted by atomic mass is 35.5.